The molecule has 0 aliphatic carbocycles. The summed E-state index contributed by atoms with van der Waals surface area (Å²) < 4.78 is 0. The monoisotopic (exact) mass is 261 g/mol. The van der Waals surface area contributed by atoms with Gasteiger partial charge in [0.1, 0.15) is 0 Å². The van der Waals surface area contributed by atoms with E-state index >= 15 is 0 Å². The summed E-state index contributed by atoms with van der Waals surface area (Å²) in [7, 11) is 2.01. The minimum atomic E-state index is 0.115. The van der Waals surface area contributed by atoms with Gasteiger partial charge in [-0.15, -0.1) is 0 Å². The van der Waals surface area contributed by atoms with E-state index in [4.69, 9.17) is 0 Å². The molecule has 0 saturated carbocycles. The van der Waals surface area contributed by atoms with E-state index in [0.717, 1.165) is 31.5 Å². The van der Waals surface area contributed by atoms with Crippen LogP contribution in [0, 0.1) is 12.8 Å². The van der Waals surface area contributed by atoms with Crippen molar-refractivity contribution in [3.8, 4) is 0 Å². The lowest BCUT2D eigenvalue weighted by atomic mass is 9.90. The van der Waals surface area contributed by atoms with Crippen LogP contribution in [0.5, 0.6) is 0 Å². The molecule has 1 fully saturated rings. The first kappa shape index (κ1) is 14.0. The van der Waals surface area contributed by atoms with E-state index in [-0.39, 0.29) is 5.91 Å². The van der Waals surface area contributed by atoms with Gasteiger partial charge in [0, 0.05) is 31.5 Å². The first-order valence-corrected chi connectivity index (χ1v) is 7.04. The van der Waals surface area contributed by atoms with Gasteiger partial charge in [-0.3, -0.25) is 9.78 Å². The molecule has 1 saturated heterocycles. The molecule has 1 aliphatic heterocycles. The molecule has 4 heteroatoms. The van der Waals surface area contributed by atoms with Gasteiger partial charge in [0.2, 0.25) is 0 Å². The number of likely N-dealkylation sites (tertiary alicyclic amines) is 1. The molecule has 0 aromatic carbocycles. The number of aromatic nitrogens is 1. The van der Waals surface area contributed by atoms with Gasteiger partial charge < -0.3 is 10.2 Å². The van der Waals surface area contributed by atoms with Crippen LogP contribution >= 0.6 is 0 Å². The minimum Gasteiger partial charge on any atom is -0.338 e. The Morgan fingerprint density at radius 3 is 2.95 bits per heavy atom. The normalized spacial score (nSPS) is 23.4. The summed E-state index contributed by atoms with van der Waals surface area (Å²) in [4.78, 5) is 18.6. The third kappa shape index (κ3) is 3.13. The summed E-state index contributed by atoms with van der Waals surface area (Å²) in [5.74, 6) is 0.657. The van der Waals surface area contributed by atoms with Crippen LogP contribution in [0.3, 0.4) is 0 Å². The van der Waals surface area contributed by atoms with Crippen molar-refractivity contribution < 1.29 is 4.79 Å². The molecule has 0 radical (unpaired) electrons. The van der Waals surface area contributed by atoms with E-state index in [1.54, 1.807) is 12.4 Å². The highest BCUT2D eigenvalue weighted by Gasteiger charge is 2.29. The van der Waals surface area contributed by atoms with Crippen LogP contribution in [0.4, 0.5) is 0 Å². The fraction of sp³-hybridized carbons (Fsp3) is 0.600. The van der Waals surface area contributed by atoms with Gasteiger partial charge in [0.25, 0.3) is 5.91 Å². The Kier molecular flexibility index (Phi) is 4.53. The van der Waals surface area contributed by atoms with Crippen LogP contribution in [-0.4, -0.2) is 42.0 Å². The zero-order chi connectivity index (χ0) is 13.8. The van der Waals surface area contributed by atoms with Gasteiger partial charge in [-0.05, 0) is 37.9 Å². The van der Waals surface area contributed by atoms with E-state index in [1.165, 1.54) is 0 Å². The lowest BCUT2D eigenvalue weighted by Gasteiger charge is -2.38. The standard InChI is InChI=1S/C15H23N3O/c1-4-12-10-18(6-5-14(12)16-3)15(19)13-7-11(2)8-17-9-13/h7-9,12,14,16H,4-6,10H2,1-3H3. The van der Waals surface area contributed by atoms with Gasteiger partial charge in [0.15, 0.2) is 0 Å². The van der Waals surface area contributed by atoms with E-state index in [0.29, 0.717) is 17.5 Å². The number of amides is 1. The Bertz CT molecular complexity index is 447. The third-order valence-electron chi connectivity index (χ3n) is 4.04. The van der Waals surface area contributed by atoms with Gasteiger partial charge in [-0.25, -0.2) is 0 Å². The number of pyridine rings is 1. The van der Waals surface area contributed by atoms with Crippen LogP contribution in [0.25, 0.3) is 0 Å². The molecule has 0 bridgehead atoms. The molecule has 1 amide bonds. The molecule has 19 heavy (non-hydrogen) atoms. The molecular weight excluding hydrogens is 238 g/mol. The molecule has 1 aromatic rings. The summed E-state index contributed by atoms with van der Waals surface area (Å²) in [6, 6.07) is 2.45. The van der Waals surface area contributed by atoms with Gasteiger partial charge in [0.05, 0.1) is 5.56 Å². The summed E-state index contributed by atoms with van der Waals surface area (Å²) in [6.45, 7) is 5.83. The number of aryl methyl sites for hydroxylation is 1. The summed E-state index contributed by atoms with van der Waals surface area (Å²) in [6.07, 6.45) is 5.57. The molecule has 104 valence electrons. The fourth-order valence-electron chi connectivity index (χ4n) is 2.86. The maximum atomic E-state index is 12.5. The molecular formula is C15H23N3O. The first-order chi connectivity index (χ1) is 9.15. The second kappa shape index (κ2) is 6.15. The third-order valence-corrected chi connectivity index (χ3v) is 4.04. The second-order valence-corrected chi connectivity index (χ2v) is 5.35. The van der Waals surface area contributed by atoms with Gasteiger partial charge in [-0.1, -0.05) is 13.3 Å². The van der Waals surface area contributed by atoms with Crippen LogP contribution < -0.4 is 5.32 Å². The molecule has 2 unspecified atom stereocenters. The Hall–Kier alpha value is -1.42. The number of nitrogens with zero attached hydrogens (tertiary/aromatic N) is 2. The highest BCUT2D eigenvalue weighted by Crippen LogP contribution is 2.21. The average Bonchev–Trinajstić information content (AvgIpc) is 2.45. The van der Waals surface area contributed by atoms with Crippen LogP contribution in [0.15, 0.2) is 18.5 Å². The largest absolute Gasteiger partial charge is 0.338 e. The number of nitrogens with one attached hydrogen (secondary N) is 1. The average molecular weight is 261 g/mol. The lowest BCUT2D eigenvalue weighted by molar-refractivity contribution is 0.0631. The van der Waals surface area contributed by atoms with Crippen molar-refractivity contribution in [2.75, 3.05) is 20.1 Å². The quantitative estimate of drug-likeness (QED) is 0.903. The van der Waals surface area contributed by atoms with Crippen molar-refractivity contribution in [1.29, 1.82) is 0 Å². The molecule has 2 heterocycles. The Morgan fingerprint density at radius 2 is 2.32 bits per heavy atom. The topological polar surface area (TPSA) is 45.2 Å². The van der Waals surface area contributed by atoms with Crippen molar-refractivity contribution >= 4 is 5.91 Å². The maximum absolute atomic E-state index is 12.5. The Balaban J connectivity index is 2.08. The molecule has 1 aromatic heterocycles. The smallest absolute Gasteiger partial charge is 0.255 e. The number of piperidine rings is 1. The van der Waals surface area contributed by atoms with Crippen molar-refractivity contribution in [2.45, 2.75) is 32.7 Å². The zero-order valence-electron chi connectivity index (χ0n) is 12.0. The molecule has 2 rings (SSSR count). The van der Waals surface area contributed by atoms with E-state index in [1.807, 2.05) is 24.9 Å². The highest BCUT2D eigenvalue weighted by molar-refractivity contribution is 5.94. The van der Waals surface area contributed by atoms with E-state index < -0.39 is 0 Å². The predicted molar refractivity (Wildman–Crippen MR) is 76.1 cm³/mol. The predicted octanol–water partition coefficient (Wildman–Crippen LogP) is 1.85. The molecule has 4 nitrogen and oxygen atoms in total. The summed E-state index contributed by atoms with van der Waals surface area (Å²) in [5, 5.41) is 3.36. The van der Waals surface area contributed by atoms with Gasteiger partial charge in [-0.2, -0.15) is 0 Å². The SMILES string of the molecule is CCC1CN(C(=O)c2cncc(C)c2)CCC1NC. The number of carbonyl (C=O) groups is 1. The summed E-state index contributed by atoms with van der Waals surface area (Å²) in [5.41, 5.74) is 1.74. The number of rotatable bonds is 3. The lowest BCUT2D eigenvalue weighted by Crippen LogP contribution is -2.50. The second-order valence-electron chi connectivity index (χ2n) is 5.35. The first-order valence-electron chi connectivity index (χ1n) is 7.04. The van der Waals surface area contributed by atoms with Crippen molar-refractivity contribution in [1.82, 2.24) is 15.2 Å². The molecule has 0 spiro atoms. The Morgan fingerprint density at radius 1 is 1.53 bits per heavy atom. The number of hydrogen-bond donors (Lipinski definition) is 1. The highest BCUT2D eigenvalue weighted by atomic mass is 16.2. The number of hydrogen-bond acceptors (Lipinski definition) is 3. The van der Waals surface area contributed by atoms with Crippen LogP contribution in [-0.2, 0) is 0 Å². The van der Waals surface area contributed by atoms with Crippen molar-refractivity contribution in [2.24, 2.45) is 5.92 Å². The fourth-order valence-corrected chi connectivity index (χ4v) is 2.86. The van der Waals surface area contributed by atoms with Crippen molar-refractivity contribution in [3.05, 3.63) is 29.6 Å². The van der Waals surface area contributed by atoms with Gasteiger partial charge >= 0.3 is 0 Å². The van der Waals surface area contributed by atoms with E-state index in [2.05, 4.69) is 17.2 Å². The van der Waals surface area contributed by atoms with Crippen LogP contribution in [0.2, 0.25) is 0 Å². The minimum absolute atomic E-state index is 0.115. The van der Waals surface area contributed by atoms with Crippen LogP contribution in [0.1, 0.15) is 35.7 Å². The maximum Gasteiger partial charge on any atom is 0.255 e. The molecule has 2 atom stereocenters. The van der Waals surface area contributed by atoms with E-state index in [9.17, 15) is 4.79 Å². The summed E-state index contributed by atoms with van der Waals surface area (Å²) >= 11 is 0. The Labute approximate surface area is 115 Å². The molecule has 1 N–H and O–H groups in total. The number of carbonyl (C=O) groups excluding carboxylic acids is 1. The van der Waals surface area contributed by atoms with Crippen molar-refractivity contribution in [3.63, 3.8) is 0 Å². The zero-order valence-corrected chi connectivity index (χ0v) is 12.0. The molecule has 1 aliphatic rings.